The summed E-state index contributed by atoms with van der Waals surface area (Å²) in [5.41, 5.74) is 1.95. The number of fused-ring (bicyclic) bond motifs is 1. The fourth-order valence-corrected chi connectivity index (χ4v) is 3.83. The molecule has 8 heteroatoms. The topological polar surface area (TPSA) is 84.5 Å². The average Bonchev–Trinajstić information content (AvgIpc) is 3.28. The number of carbonyl (C=O) groups is 1. The summed E-state index contributed by atoms with van der Waals surface area (Å²) >= 11 is 0. The molecule has 1 N–H and O–H groups in total. The Balaban J connectivity index is 1.31. The van der Waals surface area contributed by atoms with Crippen LogP contribution in [0.2, 0.25) is 0 Å². The fourth-order valence-electron chi connectivity index (χ4n) is 3.83. The predicted octanol–water partition coefficient (Wildman–Crippen LogP) is 1.31. The van der Waals surface area contributed by atoms with E-state index in [0.717, 1.165) is 24.4 Å². The first-order chi connectivity index (χ1) is 13.6. The minimum Gasteiger partial charge on any atom is -0.353 e. The smallest absolute Gasteiger partial charge is 0.263 e. The molecule has 8 nitrogen and oxygen atoms in total. The molecule has 0 radical (unpaired) electrons. The molecule has 144 valence electrons. The normalized spacial score (nSPS) is 19.3. The molecular formula is C20H22N6O2. The zero-order valence-corrected chi connectivity index (χ0v) is 15.7. The van der Waals surface area contributed by atoms with Crippen LogP contribution in [0.1, 0.15) is 41.2 Å². The molecule has 28 heavy (non-hydrogen) atoms. The van der Waals surface area contributed by atoms with E-state index in [1.807, 2.05) is 22.8 Å². The zero-order chi connectivity index (χ0) is 19.3. The van der Waals surface area contributed by atoms with Crippen molar-refractivity contribution < 1.29 is 4.79 Å². The Bertz CT molecular complexity index is 1110. The van der Waals surface area contributed by atoms with E-state index < -0.39 is 0 Å². The summed E-state index contributed by atoms with van der Waals surface area (Å²) in [7, 11) is 1.64. The summed E-state index contributed by atoms with van der Waals surface area (Å²) in [6.45, 7) is 1.48. The number of carbonyl (C=O) groups excluding carboxylic acids is 1. The van der Waals surface area contributed by atoms with Gasteiger partial charge in [0.05, 0.1) is 11.9 Å². The van der Waals surface area contributed by atoms with Gasteiger partial charge in [0.1, 0.15) is 11.4 Å². The van der Waals surface area contributed by atoms with Gasteiger partial charge in [-0.05, 0) is 43.5 Å². The first-order valence-electron chi connectivity index (χ1n) is 9.66. The van der Waals surface area contributed by atoms with Crippen LogP contribution >= 0.6 is 0 Å². The van der Waals surface area contributed by atoms with Crippen molar-refractivity contribution in [3.05, 3.63) is 58.3 Å². The highest BCUT2D eigenvalue weighted by Crippen LogP contribution is 2.40. The lowest BCUT2D eigenvalue weighted by Gasteiger charge is -2.18. The van der Waals surface area contributed by atoms with Crippen molar-refractivity contribution in [3.63, 3.8) is 0 Å². The highest BCUT2D eigenvalue weighted by molar-refractivity contribution is 5.94. The molecule has 0 bridgehead atoms. The van der Waals surface area contributed by atoms with Gasteiger partial charge in [-0.3, -0.25) is 9.59 Å². The van der Waals surface area contributed by atoms with E-state index in [4.69, 9.17) is 5.10 Å². The average molecular weight is 378 g/mol. The van der Waals surface area contributed by atoms with Gasteiger partial charge in [0.25, 0.3) is 11.5 Å². The third-order valence-electron chi connectivity index (χ3n) is 5.59. The summed E-state index contributed by atoms with van der Waals surface area (Å²) in [5, 5.41) is 7.78. The van der Waals surface area contributed by atoms with Crippen molar-refractivity contribution >= 4 is 17.4 Å². The van der Waals surface area contributed by atoms with Crippen LogP contribution in [0.3, 0.4) is 0 Å². The Hall–Kier alpha value is -3.16. The van der Waals surface area contributed by atoms with Crippen LogP contribution in [0.4, 0.5) is 5.82 Å². The molecule has 1 aliphatic heterocycles. The van der Waals surface area contributed by atoms with E-state index in [1.165, 1.54) is 23.1 Å². The molecule has 0 aromatic carbocycles. The summed E-state index contributed by atoms with van der Waals surface area (Å²) in [4.78, 5) is 31.3. The van der Waals surface area contributed by atoms with Crippen LogP contribution in [-0.2, 0) is 7.05 Å². The molecule has 2 aliphatic rings. The number of rotatable bonds is 4. The van der Waals surface area contributed by atoms with Crippen LogP contribution in [0, 0.1) is 0 Å². The molecule has 0 unspecified atom stereocenters. The van der Waals surface area contributed by atoms with Gasteiger partial charge < -0.3 is 14.8 Å². The van der Waals surface area contributed by atoms with Crippen molar-refractivity contribution in [1.82, 2.24) is 24.5 Å². The quantitative estimate of drug-likeness (QED) is 0.740. The van der Waals surface area contributed by atoms with Crippen LogP contribution in [0.15, 0.2) is 41.5 Å². The van der Waals surface area contributed by atoms with E-state index in [2.05, 4.69) is 15.2 Å². The third-order valence-corrected chi connectivity index (χ3v) is 5.59. The number of amides is 1. The number of nitrogens with one attached hydrogen (secondary N) is 1. The minimum atomic E-state index is -0.318. The lowest BCUT2D eigenvalue weighted by molar-refractivity contribution is 0.0938. The van der Waals surface area contributed by atoms with Crippen molar-refractivity contribution in [2.75, 3.05) is 18.0 Å². The summed E-state index contributed by atoms with van der Waals surface area (Å²) in [5.74, 6) is 1.15. The Morgan fingerprint density at radius 2 is 2.07 bits per heavy atom. The van der Waals surface area contributed by atoms with Gasteiger partial charge in [-0.1, -0.05) is 0 Å². The number of anilines is 1. The van der Waals surface area contributed by atoms with Gasteiger partial charge in [-0.15, -0.1) is 5.10 Å². The number of hydrogen-bond acceptors (Lipinski definition) is 5. The highest BCUT2D eigenvalue weighted by atomic mass is 16.2. The standard InChI is InChI=1S/C20H22N6O2/c1-24-9-2-3-15(20(24)28)19(27)22-14-8-10-25(12-14)18-7-6-17-21-11-16(13-4-5-13)26(17)23-18/h2-3,6-7,9,11,13-14H,4-5,8,10,12H2,1H3,(H,22,27)/t14-/m0/s1. The fraction of sp³-hybridized carbons (Fsp3) is 0.400. The first-order valence-corrected chi connectivity index (χ1v) is 9.66. The van der Waals surface area contributed by atoms with E-state index in [1.54, 1.807) is 25.4 Å². The summed E-state index contributed by atoms with van der Waals surface area (Å²) < 4.78 is 3.37. The van der Waals surface area contributed by atoms with E-state index in [-0.39, 0.29) is 23.1 Å². The molecule has 1 atom stereocenters. The molecule has 0 spiro atoms. The highest BCUT2D eigenvalue weighted by Gasteiger charge is 2.29. The zero-order valence-electron chi connectivity index (χ0n) is 15.7. The molecule has 3 aromatic heterocycles. The van der Waals surface area contributed by atoms with Gasteiger partial charge in [-0.25, -0.2) is 9.50 Å². The maximum atomic E-state index is 12.5. The lowest BCUT2D eigenvalue weighted by atomic mass is 10.2. The van der Waals surface area contributed by atoms with E-state index in [9.17, 15) is 9.59 Å². The van der Waals surface area contributed by atoms with Gasteiger partial charge in [0.2, 0.25) is 0 Å². The molecule has 5 rings (SSSR count). The Morgan fingerprint density at radius 1 is 1.21 bits per heavy atom. The van der Waals surface area contributed by atoms with Crippen molar-refractivity contribution in [2.45, 2.75) is 31.2 Å². The molecule has 4 heterocycles. The molecule has 1 saturated heterocycles. The number of hydrogen-bond donors (Lipinski definition) is 1. The number of aromatic nitrogens is 4. The van der Waals surface area contributed by atoms with Crippen molar-refractivity contribution in [1.29, 1.82) is 0 Å². The second-order valence-electron chi connectivity index (χ2n) is 7.66. The largest absolute Gasteiger partial charge is 0.353 e. The molecule has 1 saturated carbocycles. The Kier molecular flexibility index (Phi) is 3.92. The van der Waals surface area contributed by atoms with Crippen LogP contribution in [0.5, 0.6) is 0 Å². The maximum absolute atomic E-state index is 12.5. The number of pyridine rings is 1. The maximum Gasteiger partial charge on any atom is 0.263 e. The minimum absolute atomic E-state index is 0.0133. The van der Waals surface area contributed by atoms with Gasteiger partial charge in [0.15, 0.2) is 5.65 Å². The van der Waals surface area contributed by atoms with Crippen molar-refractivity contribution in [3.8, 4) is 0 Å². The van der Waals surface area contributed by atoms with Crippen LogP contribution in [0.25, 0.3) is 5.65 Å². The van der Waals surface area contributed by atoms with Crippen molar-refractivity contribution in [2.24, 2.45) is 7.05 Å². The van der Waals surface area contributed by atoms with Crippen LogP contribution < -0.4 is 15.8 Å². The molecule has 1 aliphatic carbocycles. The van der Waals surface area contributed by atoms with Gasteiger partial charge in [0, 0.05) is 38.3 Å². The van der Waals surface area contributed by atoms with Crippen LogP contribution in [-0.4, -0.2) is 44.2 Å². The molecule has 3 aromatic rings. The van der Waals surface area contributed by atoms with Gasteiger partial charge >= 0.3 is 0 Å². The molecular weight excluding hydrogens is 356 g/mol. The lowest BCUT2D eigenvalue weighted by Crippen LogP contribution is -2.40. The van der Waals surface area contributed by atoms with Gasteiger partial charge in [-0.2, -0.15) is 0 Å². The van der Waals surface area contributed by atoms with E-state index >= 15 is 0 Å². The number of imidazole rings is 1. The number of aryl methyl sites for hydroxylation is 1. The SMILES string of the molecule is Cn1cccc(C(=O)N[C@H]2CCN(c3ccc4ncc(C5CC5)n4n3)C2)c1=O. The molecule has 2 fully saturated rings. The Morgan fingerprint density at radius 3 is 2.89 bits per heavy atom. The second kappa shape index (κ2) is 6.47. The molecule has 1 amide bonds. The Labute approximate surface area is 161 Å². The summed E-state index contributed by atoms with van der Waals surface area (Å²) in [6, 6.07) is 7.24. The first kappa shape index (κ1) is 17.0. The second-order valence-corrected chi connectivity index (χ2v) is 7.66. The monoisotopic (exact) mass is 378 g/mol. The third kappa shape index (κ3) is 2.94. The predicted molar refractivity (Wildman–Crippen MR) is 105 cm³/mol. The summed E-state index contributed by atoms with van der Waals surface area (Å²) in [6.07, 6.45) is 6.80. The number of nitrogens with zero attached hydrogens (tertiary/aromatic N) is 5. The van der Waals surface area contributed by atoms with E-state index in [0.29, 0.717) is 12.5 Å².